The molecule has 1 aromatic carbocycles. The summed E-state index contributed by atoms with van der Waals surface area (Å²) in [5, 5.41) is 3.62. The highest BCUT2D eigenvalue weighted by Crippen LogP contribution is 2.49. The molecule has 0 radical (unpaired) electrons. The normalized spacial score (nSPS) is 20.2. The molecule has 5 heteroatoms. The molecule has 1 heterocycles. The standard InChI is InChI=1S/C18H20ClN3O/c1-18(2,3)17-20-9-11(10-21-17)22-16(23)14-8-13(14)12-6-4-5-7-15(12)19/h4-7,9-10,13-14H,8H2,1-3H3,(H,22,23)/t13-,14-/m0/s1. The predicted molar refractivity (Wildman–Crippen MR) is 91.7 cm³/mol. The highest BCUT2D eigenvalue weighted by atomic mass is 35.5. The number of aromatic nitrogens is 2. The quantitative estimate of drug-likeness (QED) is 0.919. The van der Waals surface area contributed by atoms with E-state index in [1.165, 1.54) is 0 Å². The molecule has 1 N–H and O–H groups in total. The molecule has 1 amide bonds. The van der Waals surface area contributed by atoms with Crippen molar-refractivity contribution < 1.29 is 4.79 Å². The van der Waals surface area contributed by atoms with E-state index >= 15 is 0 Å². The predicted octanol–water partition coefficient (Wildman–Crippen LogP) is 4.17. The number of carbonyl (C=O) groups is 1. The van der Waals surface area contributed by atoms with Crippen LogP contribution < -0.4 is 5.32 Å². The van der Waals surface area contributed by atoms with Crippen LogP contribution in [0.3, 0.4) is 0 Å². The van der Waals surface area contributed by atoms with Crippen LogP contribution in [0.15, 0.2) is 36.7 Å². The van der Waals surface area contributed by atoms with Gasteiger partial charge in [-0.05, 0) is 24.0 Å². The van der Waals surface area contributed by atoms with E-state index in [-0.39, 0.29) is 23.2 Å². The summed E-state index contributed by atoms with van der Waals surface area (Å²) in [6.07, 6.45) is 4.16. The Morgan fingerprint density at radius 1 is 1.22 bits per heavy atom. The summed E-state index contributed by atoms with van der Waals surface area (Å²) in [7, 11) is 0. The molecule has 1 fully saturated rings. The first kappa shape index (κ1) is 15.9. The van der Waals surface area contributed by atoms with E-state index in [9.17, 15) is 4.79 Å². The van der Waals surface area contributed by atoms with Gasteiger partial charge in [0.2, 0.25) is 5.91 Å². The summed E-state index contributed by atoms with van der Waals surface area (Å²) in [6, 6.07) is 7.70. The Bertz CT molecular complexity index is 722. The number of nitrogens with zero attached hydrogens (tertiary/aromatic N) is 2. The smallest absolute Gasteiger partial charge is 0.228 e. The number of carbonyl (C=O) groups excluding carboxylic acids is 1. The SMILES string of the molecule is CC(C)(C)c1ncc(NC(=O)[C@H]2C[C@H]2c2ccccc2Cl)cn1. The van der Waals surface area contributed by atoms with Gasteiger partial charge < -0.3 is 5.32 Å². The maximum absolute atomic E-state index is 12.3. The second-order valence-electron chi connectivity index (χ2n) is 7.00. The molecule has 23 heavy (non-hydrogen) atoms. The van der Waals surface area contributed by atoms with E-state index in [4.69, 9.17) is 11.6 Å². The first-order valence-corrected chi connectivity index (χ1v) is 8.12. The molecule has 3 rings (SSSR count). The van der Waals surface area contributed by atoms with Crippen molar-refractivity contribution in [1.82, 2.24) is 9.97 Å². The van der Waals surface area contributed by atoms with Crippen LogP contribution in [0.25, 0.3) is 0 Å². The van der Waals surface area contributed by atoms with Crippen molar-refractivity contribution in [3.63, 3.8) is 0 Å². The molecular formula is C18H20ClN3O. The van der Waals surface area contributed by atoms with Gasteiger partial charge in [-0.15, -0.1) is 0 Å². The summed E-state index contributed by atoms with van der Waals surface area (Å²) in [4.78, 5) is 21.0. The van der Waals surface area contributed by atoms with Crippen LogP contribution in [0, 0.1) is 5.92 Å². The third-order valence-corrected chi connectivity index (χ3v) is 4.37. The van der Waals surface area contributed by atoms with E-state index in [2.05, 4.69) is 36.1 Å². The van der Waals surface area contributed by atoms with Crippen LogP contribution in [-0.4, -0.2) is 15.9 Å². The van der Waals surface area contributed by atoms with E-state index in [1.54, 1.807) is 12.4 Å². The second-order valence-corrected chi connectivity index (χ2v) is 7.41. The van der Waals surface area contributed by atoms with Gasteiger partial charge >= 0.3 is 0 Å². The van der Waals surface area contributed by atoms with E-state index in [0.29, 0.717) is 5.69 Å². The zero-order valence-electron chi connectivity index (χ0n) is 13.5. The average molecular weight is 330 g/mol. The molecule has 1 aliphatic carbocycles. The van der Waals surface area contributed by atoms with Gasteiger partial charge in [0, 0.05) is 16.4 Å². The molecule has 120 valence electrons. The summed E-state index contributed by atoms with van der Waals surface area (Å²) < 4.78 is 0. The largest absolute Gasteiger partial charge is 0.323 e. The van der Waals surface area contributed by atoms with Crippen LogP contribution in [-0.2, 0) is 10.2 Å². The van der Waals surface area contributed by atoms with Crippen LogP contribution in [0.2, 0.25) is 5.02 Å². The Hall–Kier alpha value is -1.94. The molecule has 0 spiro atoms. The monoisotopic (exact) mass is 329 g/mol. The van der Waals surface area contributed by atoms with Gasteiger partial charge in [0.15, 0.2) is 0 Å². The van der Waals surface area contributed by atoms with Gasteiger partial charge in [0.1, 0.15) is 5.82 Å². The third kappa shape index (κ3) is 3.53. The highest BCUT2D eigenvalue weighted by molar-refractivity contribution is 6.31. The molecule has 2 atom stereocenters. The molecule has 0 unspecified atom stereocenters. The van der Waals surface area contributed by atoms with E-state index in [1.807, 2.05) is 24.3 Å². The Morgan fingerprint density at radius 3 is 2.48 bits per heavy atom. The maximum Gasteiger partial charge on any atom is 0.228 e. The highest BCUT2D eigenvalue weighted by Gasteiger charge is 2.44. The fourth-order valence-electron chi connectivity index (χ4n) is 2.62. The molecule has 1 aromatic heterocycles. The minimum Gasteiger partial charge on any atom is -0.323 e. The van der Waals surface area contributed by atoms with Crippen molar-refractivity contribution in [3.05, 3.63) is 53.1 Å². The van der Waals surface area contributed by atoms with Crippen molar-refractivity contribution in [3.8, 4) is 0 Å². The van der Waals surface area contributed by atoms with Crippen LogP contribution >= 0.6 is 11.6 Å². The minimum atomic E-state index is -0.103. The number of anilines is 1. The third-order valence-electron chi connectivity index (χ3n) is 4.02. The number of hydrogen-bond acceptors (Lipinski definition) is 3. The number of amides is 1. The maximum atomic E-state index is 12.3. The number of benzene rings is 1. The van der Waals surface area contributed by atoms with Gasteiger partial charge in [-0.3, -0.25) is 4.79 Å². The molecule has 0 saturated heterocycles. The summed E-state index contributed by atoms with van der Waals surface area (Å²) in [6.45, 7) is 6.16. The lowest BCUT2D eigenvalue weighted by Crippen LogP contribution is -2.18. The summed E-state index contributed by atoms with van der Waals surface area (Å²) in [5.41, 5.74) is 1.58. The Kier molecular flexibility index (Phi) is 4.11. The molecular weight excluding hydrogens is 310 g/mol. The van der Waals surface area contributed by atoms with Crippen molar-refractivity contribution in [1.29, 1.82) is 0 Å². The molecule has 0 bridgehead atoms. The first-order valence-electron chi connectivity index (χ1n) is 7.74. The molecule has 1 saturated carbocycles. The lowest BCUT2D eigenvalue weighted by Gasteiger charge is -2.16. The van der Waals surface area contributed by atoms with Gasteiger partial charge in [0.05, 0.1) is 18.1 Å². The Labute approximate surface area is 141 Å². The van der Waals surface area contributed by atoms with Crippen LogP contribution in [0.5, 0.6) is 0 Å². The lowest BCUT2D eigenvalue weighted by molar-refractivity contribution is -0.117. The molecule has 4 nitrogen and oxygen atoms in total. The number of rotatable bonds is 3. The summed E-state index contributed by atoms with van der Waals surface area (Å²) in [5.74, 6) is 0.938. The van der Waals surface area contributed by atoms with Crippen LogP contribution in [0.1, 0.15) is 44.5 Å². The number of halogens is 1. The molecule has 0 aliphatic heterocycles. The van der Waals surface area contributed by atoms with Gasteiger partial charge in [0.25, 0.3) is 0 Å². The van der Waals surface area contributed by atoms with Gasteiger partial charge in [-0.25, -0.2) is 9.97 Å². The van der Waals surface area contributed by atoms with E-state index < -0.39 is 0 Å². The average Bonchev–Trinajstić information content (AvgIpc) is 3.28. The Balaban J connectivity index is 1.64. The number of nitrogens with one attached hydrogen (secondary N) is 1. The zero-order chi connectivity index (χ0) is 16.6. The van der Waals surface area contributed by atoms with Crippen molar-refractivity contribution in [2.45, 2.75) is 38.5 Å². The topological polar surface area (TPSA) is 54.9 Å². The number of hydrogen-bond donors (Lipinski definition) is 1. The second kappa shape index (κ2) is 5.93. The molecule has 1 aliphatic rings. The molecule has 2 aromatic rings. The first-order chi connectivity index (χ1) is 10.9. The van der Waals surface area contributed by atoms with Crippen molar-refractivity contribution >= 4 is 23.2 Å². The van der Waals surface area contributed by atoms with Crippen LogP contribution in [0.4, 0.5) is 5.69 Å². The lowest BCUT2D eigenvalue weighted by atomic mass is 9.96. The Morgan fingerprint density at radius 2 is 1.87 bits per heavy atom. The van der Waals surface area contributed by atoms with Gasteiger partial charge in [-0.2, -0.15) is 0 Å². The fourth-order valence-corrected chi connectivity index (χ4v) is 2.90. The summed E-state index contributed by atoms with van der Waals surface area (Å²) >= 11 is 6.20. The minimum absolute atomic E-state index is 0.00188. The van der Waals surface area contributed by atoms with Crippen molar-refractivity contribution in [2.24, 2.45) is 5.92 Å². The van der Waals surface area contributed by atoms with E-state index in [0.717, 1.165) is 22.8 Å². The van der Waals surface area contributed by atoms with Gasteiger partial charge in [-0.1, -0.05) is 50.6 Å². The zero-order valence-corrected chi connectivity index (χ0v) is 14.3. The van der Waals surface area contributed by atoms with Crippen molar-refractivity contribution in [2.75, 3.05) is 5.32 Å². The fraction of sp³-hybridized carbons (Fsp3) is 0.389.